The van der Waals surface area contributed by atoms with E-state index in [1.54, 1.807) is 13.2 Å². The van der Waals surface area contributed by atoms with E-state index < -0.39 is 0 Å². The van der Waals surface area contributed by atoms with Gasteiger partial charge in [0, 0.05) is 26.0 Å². The fourth-order valence-corrected chi connectivity index (χ4v) is 0.729. The molecule has 66 valence electrons. The van der Waals surface area contributed by atoms with E-state index in [1.165, 1.54) is 10.8 Å². The van der Waals surface area contributed by atoms with Gasteiger partial charge in [0.15, 0.2) is 0 Å². The summed E-state index contributed by atoms with van der Waals surface area (Å²) in [5, 5.41) is 0. The van der Waals surface area contributed by atoms with Crippen LogP contribution in [0.25, 0.3) is 0 Å². The maximum Gasteiger partial charge on any atom is 0.313 e. The van der Waals surface area contributed by atoms with Crippen LogP contribution < -0.4 is 16.0 Å². The zero-order valence-electron chi connectivity index (χ0n) is 6.86. The van der Waals surface area contributed by atoms with Crippen molar-refractivity contribution in [2.45, 2.75) is 0 Å². The number of nitrogens with two attached hydrogens (primary N) is 1. The van der Waals surface area contributed by atoms with Gasteiger partial charge in [-0.3, -0.25) is 4.79 Å². The topological polar surface area (TPSA) is 70.1 Å². The molecule has 0 saturated heterocycles. The van der Waals surface area contributed by atoms with Gasteiger partial charge in [0.2, 0.25) is 0 Å². The summed E-state index contributed by atoms with van der Waals surface area (Å²) in [5.41, 5.74) is 4.96. The van der Waals surface area contributed by atoms with Gasteiger partial charge in [-0.1, -0.05) is 0 Å². The summed E-state index contributed by atoms with van der Waals surface area (Å²) in [6.45, 7) is 0.686. The van der Waals surface area contributed by atoms with Crippen molar-refractivity contribution in [2.24, 2.45) is 12.8 Å². The average Bonchev–Trinajstić information content (AvgIpc) is 2.08. The Hall–Kier alpha value is -1.36. The molecule has 0 fully saturated rings. The zero-order valence-corrected chi connectivity index (χ0v) is 6.86. The van der Waals surface area contributed by atoms with Crippen LogP contribution in [0.4, 0.5) is 0 Å². The smallest absolute Gasteiger partial charge is 0.313 e. The summed E-state index contributed by atoms with van der Waals surface area (Å²) in [5.74, 6) is 0.102. The number of aromatic nitrogens is 2. The Kier molecular flexibility index (Phi) is 2.82. The molecule has 12 heavy (non-hydrogen) atoms. The maximum atomic E-state index is 11.2. The molecule has 0 aliphatic heterocycles. The standard InChI is InChI=1S/C7H11N3O2/c1-10-4-3-9-6(7(10)11)12-5-2-8/h3-4H,2,5,8H2,1H3. The minimum absolute atomic E-state index is 0.102. The summed E-state index contributed by atoms with van der Waals surface area (Å²) >= 11 is 0. The summed E-state index contributed by atoms with van der Waals surface area (Å²) in [6, 6.07) is 0. The molecule has 0 aliphatic carbocycles. The molecule has 1 heterocycles. The van der Waals surface area contributed by atoms with Gasteiger partial charge in [-0.2, -0.15) is 0 Å². The van der Waals surface area contributed by atoms with Crippen molar-refractivity contribution >= 4 is 0 Å². The molecule has 5 heteroatoms. The van der Waals surface area contributed by atoms with Crippen molar-refractivity contribution in [1.82, 2.24) is 9.55 Å². The van der Waals surface area contributed by atoms with Gasteiger partial charge < -0.3 is 15.0 Å². The fraction of sp³-hybridized carbons (Fsp3) is 0.429. The summed E-state index contributed by atoms with van der Waals surface area (Å²) in [6.07, 6.45) is 3.07. The molecule has 0 saturated carbocycles. The van der Waals surface area contributed by atoms with E-state index in [4.69, 9.17) is 10.5 Å². The van der Waals surface area contributed by atoms with E-state index in [2.05, 4.69) is 4.98 Å². The molecule has 5 nitrogen and oxygen atoms in total. The second kappa shape index (κ2) is 3.87. The number of hydrogen-bond donors (Lipinski definition) is 1. The van der Waals surface area contributed by atoms with Crippen molar-refractivity contribution < 1.29 is 4.74 Å². The lowest BCUT2D eigenvalue weighted by atomic mass is 10.6. The Labute approximate surface area is 69.8 Å². The first-order chi connectivity index (χ1) is 5.75. The summed E-state index contributed by atoms with van der Waals surface area (Å²) < 4.78 is 6.40. The van der Waals surface area contributed by atoms with Crippen molar-refractivity contribution in [3.8, 4) is 5.88 Å². The second-order valence-electron chi connectivity index (χ2n) is 2.29. The Morgan fingerprint density at radius 1 is 1.75 bits per heavy atom. The van der Waals surface area contributed by atoms with Crippen LogP contribution in [0.3, 0.4) is 0 Å². The third kappa shape index (κ3) is 1.82. The van der Waals surface area contributed by atoms with Crippen LogP contribution >= 0.6 is 0 Å². The monoisotopic (exact) mass is 169 g/mol. The van der Waals surface area contributed by atoms with E-state index in [0.29, 0.717) is 13.2 Å². The minimum Gasteiger partial charge on any atom is -0.472 e. The summed E-state index contributed by atoms with van der Waals surface area (Å²) in [7, 11) is 1.64. The highest BCUT2D eigenvalue weighted by atomic mass is 16.5. The second-order valence-corrected chi connectivity index (χ2v) is 2.29. The third-order valence-electron chi connectivity index (χ3n) is 1.34. The maximum absolute atomic E-state index is 11.2. The van der Waals surface area contributed by atoms with Gasteiger partial charge >= 0.3 is 5.56 Å². The van der Waals surface area contributed by atoms with Crippen LogP contribution in [0.1, 0.15) is 0 Å². The van der Waals surface area contributed by atoms with Crippen molar-refractivity contribution in [3.63, 3.8) is 0 Å². The molecule has 0 aromatic carbocycles. The quantitative estimate of drug-likeness (QED) is 0.637. The van der Waals surface area contributed by atoms with Crippen molar-refractivity contribution in [2.75, 3.05) is 13.2 Å². The van der Waals surface area contributed by atoms with Crippen LogP contribution in [0, 0.1) is 0 Å². The Morgan fingerprint density at radius 3 is 3.17 bits per heavy atom. The van der Waals surface area contributed by atoms with Gasteiger partial charge in [0.25, 0.3) is 5.88 Å². The number of hydrogen-bond acceptors (Lipinski definition) is 4. The predicted molar refractivity (Wildman–Crippen MR) is 44.0 cm³/mol. The number of aryl methyl sites for hydroxylation is 1. The molecule has 0 atom stereocenters. The van der Waals surface area contributed by atoms with Gasteiger partial charge in [-0.25, -0.2) is 4.98 Å². The molecule has 0 spiro atoms. The fourth-order valence-electron chi connectivity index (χ4n) is 0.729. The SMILES string of the molecule is Cn1ccnc(OCCN)c1=O. The number of nitrogens with zero attached hydrogens (tertiary/aromatic N) is 2. The minimum atomic E-state index is -0.244. The average molecular weight is 169 g/mol. The Balaban J connectivity index is 2.85. The van der Waals surface area contributed by atoms with Gasteiger partial charge in [-0.05, 0) is 0 Å². The van der Waals surface area contributed by atoms with Crippen LogP contribution in [0.15, 0.2) is 17.2 Å². The molecule has 0 aliphatic rings. The van der Waals surface area contributed by atoms with E-state index in [0.717, 1.165) is 0 Å². The predicted octanol–water partition coefficient (Wildman–Crippen LogP) is -0.882. The van der Waals surface area contributed by atoms with Crippen LogP contribution in [0.5, 0.6) is 5.88 Å². The third-order valence-corrected chi connectivity index (χ3v) is 1.34. The first-order valence-corrected chi connectivity index (χ1v) is 3.60. The van der Waals surface area contributed by atoms with Crippen LogP contribution in [-0.2, 0) is 7.05 Å². The Morgan fingerprint density at radius 2 is 2.50 bits per heavy atom. The normalized spacial score (nSPS) is 9.83. The molecule has 0 radical (unpaired) electrons. The molecule has 0 bridgehead atoms. The lowest BCUT2D eigenvalue weighted by Gasteiger charge is -2.02. The number of ether oxygens (including phenoxy) is 1. The molecular weight excluding hydrogens is 158 g/mol. The zero-order chi connectivity index (χ0) is 8.97. The first-order valence-electron chi connectivity index (χ1n) is 3.60. The van der Waals surface area contributed by atoms with Gasteiger partial charge in [0.1, 0.15) is 6.61 Å². The van der Waals surface area contributed by atoms with Crippen molar-refractivity contribution in [3.05, 3.63) is 22.7 Å². The molecule has 1 aromatic rings. The largest absolute Gasteiger partial charge is 0.472 e. The van der Waals surface area contributed by atoms with Crippen LogP contribution in [0.2, 0.25) is 0 Å². The first kappa shape index (κ1) is 8.73. The molecule has 1 aromatic heterocycles. The molecule has 2 N–H and O–H groups in total. The lowest BCUT2D eigenvalue weighted by molar-refractivity contribution is 0.308. The Bertz CT molecular complexity index is 308. The van der Waals surface area contributed by atoms with Gasteiger partial charge in [0.05, 0.1) is 0 Å². The van der Waals surface area contributed by atoms with Crippen molar-refractivity contribution in [1.29, 1.82) is 0 Å². The van der Waals surface area contributed by atoms with Crippen LogP contribution in [-0.4, -0.2) is 22.7 Å². The highest BCUT2D eigenvalue weighted by Gasteiger charge is 2.01. The summed E-state index contributed by atoms with van der Waals surface area (Å²) in [4.78, 5) is 15.0. The highest BCUT2D eigenvalue weighted by molar-refractivity contribution is 5.03. The molecule has 1 rings (SSSR count). The molecular formula is C7H11N3O2. The lowest BCUT2D eigenvalue weighted by Crippen LogP contribution is -2.22. The van der Waals surface area contributed by atoms with E-state index in [-0.39, 0.29) is 11.4 Å². The van der Waals surface area contributed by atoms with E-state index >= 15 is 0 Å². The van der Waals surface area contributed by atoms with E-state index in [9.17, 15) is 4.79 Å². The molecule has 0 unspecified atom stereocenters. The van der Waals surface area contributed by atoms with E-state index in [1.807, 2.05) is 0 Å². The van der Waals surface area contributed by atoms with Gasteiger partial charge in [-0.15, -0.1) is 0 Å². The highest BCUT2D eigenvalue weighted by Crippen LogP contribution is 1.93. The number of rotatable bonds is 3. The molecule has 0 amide bonds.